The molecule has 0 bridgehead atoms. The molecule has 1 unspecified atom stereocenters. The number of nitrogens with one attached hydrogen (secondary N) is 3. The standard InChI is InChI=1S/C36H51N5O9S/c1-23(2)51(47,48)39-32(44)36-20-26(36)15-9-7-6-8-10-16-28(37-33(45)50-35(3,4)5)31(43)41-22-27(19-29(41)30(42)38-36)49-34(46)40-18-17-24-13-11-12-14-25(24)21-40/h9,11-15,23,26-29H,6-8,10,16-22H2,1-5H3,(H,37,45)(H,38,42)(H,39,44)/t26-,27-,28+,29?,36-/m1/s1. The maximum atomic E-state index is 14.3. The number of hydrogen-bond donors (Lipinski definition) is 3. The molecule has 1 aliphatic carbocycles. The normalized spacial score (nSPS) is 27.2. The van der Waals surface area contributed by atoms with Gasteiger partial charge in [0.25, 0.3) is 5.91 Å². The van der Waals surface area contributed by atoms with Gasteiger partial charge >= 0.3 is 12.2 Å². The van der Waals surface area contributed by atoms with Crippen molar-refractivity contribution in [3.63, 3.8) is 0 Å². The van der Waals surface area contributed by atoms with E-state index in [9.17, 15) is 32.4 Å². The number of alkyl carbamates (subject to hydrolysis) is 1. The summed E-state index contributed by atoms with van der Waals surface area (Å²) in [6, 6.07) is 5.63. The highest BCUT2D eigenvalue weighted by Crippen LogP contribution is 2.46. The largest absolute Gasteiger partial charge is 0.444 e. The van der Waals surface area contributed by atoms with Crippen molar-refractivity contribution in [2.24, 2.45) is 5.92 Å². The molecule has 4 aliphatic rings. The number of benzene rings is 1. The van der Waals surface area contributed by atoms with Gasteiger partial charge in [0.1, 0.15) is 29.3 Å². The number of sulfonamides is 1. The Kier molecular flexibility index (Phi) is 11.4. The lowest BCUT2D eigenvalue weighted by atomic mass is 10.0. The number of carbonyl (C=O) groups is 5. The third kappa shape index (κ3) is 9.21. The number of carbonyl (C=O) groups excluding carboxylic acids is 5. The van der Waals surface area contributed by atoms with Gasteiger partial charge in [-0.15, -0.1) is 0 Å². The molecule has 280 valence electrons. The number of hydrogen-bond acceptors (Lipinski definition) is 9. The van der Waals surface area contributed by atoms with E-state index in [2.05, 4.69) is 15.4 Å². The molecule has 15 heteroatoms. The number of nitrogens with zero attached hydrogens (tertiary/aromatic N) is 2. The van der Waals surface area contributed by atoms with E-state index in [4.69, 9.17) is 9.47 Å². The van der Waals surface area contributed by atoms with Crippen LogP contribution in [0.15, 0.2) is 36.4 Å². The summed E-state index contributed by atoms with van der Waals surface area (Å²) in [7, 11) is -4.01. The number of allylic oxidation sites excluding steroid dienone is 1. The summed E-state index contributed by atoms with van der Waals surface area (Å²) in [6.07, 6.45) is 5.38. The number of rotatable bonds is 5. The second-order valence-electron chi connectivity index (χ2n) is 15.2. The van der Waals surface area contributed by atoms with Gasteiger partial charge < -0.3 is 29.9 Å². The zero-order valence-corrected chi connectivity index (χ0v) is 30.9. The van der Waals surface area contributed by atoms with Gasteiger partial charge in [0.15, 0.2) is 0 Å². The Bertz CT molecular complexity index is 1660. The Balaban J connectivity index is 1.41. The molecule has 51 heavy (non-hydrogen) atoms. The van der Waals surface area contributed by atoms with Gasteiger partial charge in [-0.25, -0.2) is 18.0 Å². The molecule has 5 atom stereocenters. The second kappa shape index (κ2) is 15.2. The molecule has 0 spiro atoms. The maximum Gasteiger partial charge on any atom is 0.410 e. The quantitative estimate of drug-likeness (QED) is 0.384. The first-order chi connectivity index (χ1) is 24.0. The molecular weight excluding hydrogens is 678 g/mol. The van der Waals surface area contributed by atoms with Gasteiger partial charge in [-0.1, -0.05) is 49.3 Å². The summed E-state index contributed by atoms with van der Waals surface area (Å²) in [5.74, 6) is -2.55. The molecule has 3 N–H and O–H groups in total. The first-order valence-electron chi connectivity index (χ1n) is 17.9. The third-order valence-corrected chi connectivity index (χ3v) is 11.6. The molecule has 14 nitrogen and oxygen atoms in total. The first-order valence-corrected chi connectivity index (χ1v) is 19.4. The SMILES string of the molecule is CC(C)S(=O)(=O)NC(=O)[C@@]12C[C@H]1C=CCCCCC[C@H](NC(=O)OC(C)(C)C)C(=O)N1C[C@H](OC(=O)N3CCc4ccccc4C3)CC1C(=O)N2. The lowest BCUT2D eigenvalue weighted by molar-refractivity contribution is -0.141. The Morgan fingerprint density at radius 2 is 1.78 bits per heavy atom. The Morgan fingerprint density at radius 3 is 2.49 bits per heavy atom. The van der Waals surface area contributed by atoms with E-state index in [0.717, 1.165) is 24.0 Å². The number of amides is 5. The van der Waals surface area contributed by atoms with Gasteiger partial charge in [0.2, 0.25) is 21.8 Å². The molecule has 1 saturated heterocycles. The van der Waals surface area contributed by atoms with Gasteiger partial charge in [-0.2, -0.15) is 0 Å². The van der Waals surface area contributed by atoms with Crippen LogP contribution in [0.25, 0.3) is 0 Å². The van der Waals surface area contributed by atoms with Crippen molar-refractivity contribution < 1.29 is 41.9 Å². The van der Waals surface area contributed by atoms with Crippen molar-refractivity contribution in [1.82, 2.24) is 25.2 Å². The minimum atomic E-state index is -4.01. The number of fused-ring (bicyclic) bond motifs is 3. The van der Waals surface area contributed by atoms with Crippen LogP contribution >= 0.6 is 0 Å². The highest BCUT2D eigenvalue weighted by Gasteiger charge is 2.61. The molecule has 0 aromatic heterocycles. The highest BCUT2D eigenvalue weighted by atomic mass is 32.2. The smallest absolute Gasteiger partial charge is 0.410 e. The molecule has 1 aromatic carbocycles. The van der Waals surface area contributed by atoms with Crippen LogP contribution in [0.2, 0.25) is 0 Å². The number of ether oxygens (including phenoxy) is 2. The Morgan fingerprint density at radius 1 is 1.06 bits per heavy atom. The molecule has 0 radical (unpaired) electrons. The summed E-state index contributed by atoms with van der Waals surface area (Å²) in [6.45, 7) is 8.71. The third-order valence-electron chi connectivity index (χ3n) is 9.85. The van der Waals surface area contributed by atoms with E-state index in [1.54, 1.807) is 25.7 Å². The minimum absolute atomic E-state index is 0.0601. The molecule has 5 amide bonds. The van der Waals surface area contributed by atoms with Crippen molar-refractivity contribution in [3.05, 3.63) is 47.5 Å². The predicted molar refractivity (Wildman–Crippen MR) is 188 cm³/mol. The van der Waals surface area contributed by atoms with Crippen molar-refractivity contribution in [1.29, 1.82) is 0 Å². The summed E-state index contributed by atoms with van der Waals surface area (Å²) >= 11 is 0. The van der Waals surface area contributed by atoms with E-state index in [1.165, 1.54) is 18.7 Å². The fraction of sp³-hybridized carbons (Fsp3) is 0.639. The van der Waals surface area contributed by atoms with Crippen molar-refractivity contribution in [2.45, 2.75) is 127 Å². The van der Waals surface area contributed by atoms with Crippen LogP contribution in [0.1, 0.15) is 90.7 Å². The fourth-order valence-electron chi connectivity index (χ4n) is 6.82. The van der Waals surface area contributed by atoms with Crippen LogP contribution in [0.4, 0.5) is 9.59 Å². The zero-order chi connectivity index (χ0) is 37.1. The summed E-state index contributed by atoms with van der Waals surface area (Å²) in [5, 5.41) is 4.61. The van der Waals surface area contributed by atoms with E-state index < -0.39 is 80.4 Å². The van der Waals surface area contributed by atoms with Crippen molar-refractivity contribution in [3.8, 4) is 0 Å². The lowest BCUT2D eigenvalue weighted by Gasteiger charge is -2.30. The molecule has 3 heterocycles. The van der Waals surface area contributed by atoms with E-state index >= 15 is 0 Å². The van der Waals surface area contributed by atoms with E-state index in [-0.39, 0.29) is 25.8 Å². The average Bonchev–Trinajstić information content (AvgIpc) is 3.58. The van der Waals surface area contributed by atoms with E-state index in [1.807, 2.05) is 36.4 Å². The topological polar surface area (TPSA) is 181 Å². The molecule has 3 aliphatic heterocycles. The maximum absolute atomic E-state index is 14.3. The first kappa shape index (κ1) is 38.1. The van der Waals surface area contributed by atoms with Crippen molar-refractivity contribution in [2.75, 3.05) is 13.1 Å². The van der Waals surface area contributed by atoms with Gasteiger partial charge in [-0.05, 0) is 77.8 Å². The average molecular weight is 730 g/mol. The van der Waals surface area contributed by atoms with Crippen LogP contribution in [0.3, 0.4) is 0 Å². The monoisotopic (exact) mass is 729 g/mol. The minimum Gasteiger partial charge on any atom is -0.444 e. The highest BCUT2D eigenvalue weighted by molar-refractivity contribution is 7.90. The second-order valence-corrected chi connectivity index (χ2v) is 17.5. The lowest BCUT2D eigenvalue weighted by Crippen LogP contribution is -2.58. The molecule has 1 saturated carbocycles. The Labute approximate surface area is 300 Å². The van der Waals surface area contributed by atoms with E-state index in [0.29, 0.717) is 32.4 Å². The molecule has 5 rings (SSSR count). The summed E-state index contributed by atoms with van der Waals surface area (Å²) in [5.41, 5.74) is -0.190. The fourth-order valence-corrected chi connectivity index (χ4v) is 7.50. The summed E-state index contributed by atoms with van der Waals surface area (Å²) < 4.78 is 38.9. The zero-order valence-electron chi connectivity index (χ0n) is 30.1. The van der Waals surface area contributed by atoms with Crippen LogP contribution in [-0.2, 0) is 46.8 Å². The molecule has 2 fully saturated rings. The van der Waals surface area contributed by atoms with Crippen LogP contribution in [-0.4, -0.2) is 95.8 Å². The van der Waals surface area contributed by atoms with Gasteiger partial charge in [0, 0.05) is 25.4 Å². The van der Waals surface area contributed by atoms with Gasteiger partial charge in [-0.3, -0.25) is 19.1 Å². The summed E-state index contributed by atoms with van der Waals surface area (Å²) in [4.78, 5) is 71.3. The van der Waals surface area contributed by atoms with Gasteiger partial charge in [0.05, 0.1) is 11.8 Å². The van der Waals surface area contributed by atoms with Crippen LogP contribution in [0.5, 0.6) is 0 Å². The molecular formula is C36H51N5O9S. The van der Waals surface area contributed by atoms with Crippen molar-refractivity contribution >= 4 is 39.9 Å². The van der Waals surface area contributed by atoms with Crippen LogP contribution in [0, 0.1) is 5.92 Å². The molecule has 1 aromatic rings. The Hall–Kier alpha value is -4.14. The van der Waals surface area contributed by atoms with Crippen LogP contribution < -0.4 is 15.4 Å². The predicted octanol–water partition coefficient (Wildman–Crippen LogP) is 3.29.